The molecule has 1 aromatic rings. The normalized spacial score (nSPS) is 17.8. The van der Waals surface area contributed by atoms with E-state index in [0.717, 1.165) is 12.8 Å². The van der Waals surface area contributed by atoms with Crippen molar-refractivity contribution >= 4 is 5.91 Å². The molecule has 0 radical (unpaired) electrons. The van der Waals surface area contributed by atoms with Crippen LogP contribution in [0.5, 0.6) is 0 Å². The Morgan fingerprint density at radius 2 is 1.79 bits per heavy atom. The summed E-state index contributed by atoms with van der Waals surface area (Å²) >= 11 is 0. The van der Waals surface area contributed by atoms with Crippen molar-refractivity contribution in [2.75, 3.05) is 0 Å². The van der Waals surface area contributed by atoms with Crippen molar-refractivity contribution in [3.63, 3.8) is 0 Å². The van der Waals surface area contributed by atoms with Gasteiger partial charge in [-0.05, 0) is 25.0 Å². The van der Waals surface area contributed by atoms with Crippen LogP contribution in [0.3, 0.4) is 0 Å². The first-order valence-corrected chi connectivity index (χ1v) is 7.19. The second-order valence-corrected chi connectivity index (χ2v) is 5.27. The number of H-pyrrole nitrogens is 1. The van der Waals surface area contributed by atoms with Crippen LogP contribution in [-0.4, -0.2) is 16.9 Å². The number of nitrogens with one attached hydrogen (secondary N) is 2. The van der Waals surface area contributed by atoms with E-state index >= 15 is 0 Å². The minimum Gasteiger partial charge on any atom is -0.348 e. The second-order valence-electron chi connectivity index (χ2n) is 5.27. The number of carbonyl (C=O) groups is 1. The van der Waals surface area contributed by atoms with Gasteiger partial charge in [-0.25, -0.2) is 0 Å². The summed E-state index contributed by atoms with van der Waals surface area (Å²) in [6, 6.07) is 5.58. The monoisotopic (exact) mass is 259 g/mol. The molecule has 1 heterocycles. The zero-order chi connectivity index (χ0) is 13.5. The summed E-state index contributed by atoms with van der Waals surface area (Å²) < 4.78 is 0. The highest BCUT2D eigenvalue weighted by Gasteiger charge is 2.15. The highest BCUT2D eigenvalue weighted by molar-refractivity contribution is 5.92. The van der Waals surface area contributed by atoms with Crippen molar-refractivity contribution in [3.05, 3.63) is 23.5 Å². The summed E-state index contributed by atoms with van der Waals surface area (Å²) in [4.78, 5) is 14.9. The van der Waals surface area contributed by atoms with Gasteiger partial charge in [0.25, 0.3) is 5.91 Å². The van der Waals surface area contributed by atoms with Crippen molar-refractivity contribution in [1.29, 1.82) is 5.26 Å². The molecule has 1 aliphatic rings. The Labute approximate surface area is 114 Å². The van der Waals surface area contributed by atoms with E-state index in [2.05, 4.69) is 10.3 Å². The number of nitrogens with zero attached hydrogens (tertiary/aromatic N) is 1. The van der Waals surface area contributed by atoms with Gasteiger partial charge in [-0.3, -0.25) is 4.79 Å². The topological polar surface area (TPSA) is 68.7 Å². The smallest absolute Gasteiger partial charge is 0.267 e. The van der Waals surface area contributed by atoms with E-state index in [4.69, 9.17) is 5.26 Å². The maximum absolute atomic E-state index is 12.1. The van der Waals surface area contributed by atoms with Gasteiger partial charge in [0.15, 0.2) is 0 Å². The number of carbonyl (C=O) groups excluding carboxylic acids is 1. The Hall–Kier alpha value is -1.76. The molecular formula is C15H21N3O. The summed E-state index contributed by atoms with van der Waals surface area (Å²) in [5.74, 6) is -0.0919. The van der Waals surface area contributed by atoms with Gasteiger partial charge in [0.1, 0.15) is 17.5 Å². The first-order chi connectivity index (χ1) is 9.29. The Balaban J connectivity index is 1.90. The molecule has 0 spiro atoms. The number of nitriles is 1. The maximum Gasteiger partial charge on any atom is 0.267 e. The minimum absolute atomic E-state index is 0.0919. The molecule has 0 aliphatic heterocycles. The third-order valence-corrected chi connectivity index (χ3v) is 3.74. The summed E-state index contributed by atoms with van der Waals surface area (Å²) in [5.41, 5.74) is 0.913. The molecule has 0 atom stereocenters. The number of rotatable bonds is 2. The van der Waals surface area contributed by atoms with Crippen LogP contribution in [0.25, 0.3) is 0 Å². The summed E-state index contributed by atoms with van der Waals surface area (Å²) in [7, 11) is 0. The summed E-state index contributed by atoms with van der Waals surface area (Å²) in [6.07, 6.45) is 9.71. The van der Waals surface area contributed by atoms with Gasteiger partial charge in [0.2, 0.25) is 0 Å². The van der Waals surface area contributed by atoms with Crippen LogP contribution in [0.1, 0.15) is 67.5 Å². The van der Waals surface area contributed by atoms with Crippen molar-refractivity contribution in [2.24, 2.45) is 0 Å². The number of hydrogen-bond acceptors (Lipinski definition) is 2. The molecule has 1 amide bonds. The van der Waals surface area contributed by atoms with Gasteiger partial charge < -0.3 is 10.3 Å². The Kier molecular flexibility index (Phi) is 5.02. The predicted molar refractivity (Wildman–Crippen MR) is 73.7 cm³/mol. The molecule has 19 heavy (non-hydrogen) atoms. The van der Waals surface area contributed by atoms with Crippen molar-refractivity contribution < 1.29 is 4.79 Å². The molecule has 2 rings (SSSR count). The van der Waals surface area contributed by atoms with Gasteiger partial charge in [-0.2, -0.15) is 5.26 Å². The molecule has 4 heteroatoms. The molecule has 1 fully saturated rings. The molecule has 0 aromatic carbocycles. The van der Waals surface area contributed by atoms with E-state index in [1.54, 1.807) is 12.1 Å². The average Bonchev–Trinajstić information content (AvgIpc) is 2.92. The Morgan fingerprint density at radius 3 is 2.37 bits per heavy atom. The molecule has 0 unspecified atom stereocenters. The lowest BCUT2D eigenvalue weighted by atomic mass is 10.0. The summed E-state index contributed by atoms with van der Waals surface area (Å²) in [5, 5.41) is 11.8. The van der Waals surface area contributed by atoms with Gasteiger partial charge in [0.05, 0.1) is 0 Å². The molecule has 1 aromatic heterocycles. The van der Waals surface area contributed by atoms with Crippen LogP contribution in [0.4, 0.5) is 0 Å². The van der Waals surface area contributed by atoms with Gasteiger partial charge >= 0.3 is 0 Å². The molecule has 0 bridgehead atoms. The molecule has 2 N–H and O–H groups in total. The van der Waals surface area contributed by atoms with Gasteiger partial charge in [-0.15, -0.1) is 0 Å². The maximum atomic E-state index is 12.1. The van der Waals surface area contributed by atoms with Crippen LogP contribution in [-0.2, 0) is 0 Å². The molecular weight excluding hydrogens is 238 g/mol. The number of hydrogen-bond donors (Lipinski definition) is 2. The van der Waals surface area contributed by atoms with Crippen molar-refractivity contribution in [1.82, 2.24) is 10.3 Å². The summed E-state index contributed by atoms with van der Waals surface area (Å²) in [6.45, 7) is 0. The van der Waals surface area contributed by atoms with Crippen LogP contribution in [0.2, 0.25) is 0 Å². The van der Waals surface area contributed by atoms with Gasteiger partial charge in [0, 0.05) is 6.04 Å². The fourth-order valence-electron chi connectivity index (χ4n) is 2.63. The van der Waals surface area contributed by atoms with E-state index in [-0.39, 0.29) is 11.9 Å². The van der Waals surface area contributed by atoms with E-state index in [0.29, 0.717) is 11.4 Å². The first kappa shape index (κ1) is 13.7. The lowest BCUT2D eigenvalue weighted by Crippen LogP contribution is -2.35. The van der Waals surface area contributed by atoms with Crippen LogP contribution < -0.4 is 5.32 Å². The highest BCUT2D eigenvalue weighted by Crippen LogP contribution is 2.17. The van der Waals surface area contributed by atoms with E-state index in [1.165, 1.54) is 38.5 Å². The van der Waals surface area contributed by atoms with Crippen molar-refractivity contribution in [2.45, 2.75) is 57.4 Å². The molecule has 4 nitrogen and oxygen atoms in total. The fourth-order valence-corrected chi connectivity index (χ4v) is 2.63. The molecule has 1 saturated carbocycles. The lowest BCUT2D eigenvalue weighted by Gasteiger charge is -2.17. The number of amides is 1. The van der Waals surface area contributed by atoms with Crippen LogP contribution in [0, 0.1) is 11.3 Å². The number of aromatic nitrogens is 1. The van der Waals surface area contributed by atoms with E-state index < -0.39 is 0 Å². The van der Waals surface area contributed by atoms with Crippen LogP contribution in [0.15, 0.2) is 12.1 Å². The zero-order valence-corrected chi connectivity index (χ0v) is 11.2. The molecule has 0 saturated heterocycles. The standard InChI is InChI=1S/C15H21N3O/c16-11-13-9-10-14(17-13)15(19)18-12-7-5-3-1-2-4-6-8-12/h9-10,12,17H,1-8H2,(H,18,19). The quantitative estimate of drug-likeness (QED) is 0.856. The molecule has 1 aliphatic carbocycles. The average molecular weight is 259 g/mol. The minimum atomic E-state index is -0.0919. The van der Waals surface area contributed by atoms with E-state index in [1.807, 2.05) is 6.07 Å². The Morgan fingerprint density at radius 1 is 1.16 bits per heavy atom. The largest absolute Gasteiger partial charge is 0.348 e. The zero-order valence-electron chi connectivity index (χ0n) is 11.2. The third kappa shape index (κ3) is 4.13. The van der Waals surface area contributed by atoms with Crippen LogP contribution >= 0.6 is 0 Å². The SMILES string of the molecule is N#Cc1ccc(C(=O)NC2CCCCCCCC2)[nH]1. The van der Waals surface area contributed by atoms with Gasteiger partial charge in [-0.1, -0.05) is 38.5 Å². The second kappa shape index (κ2) is 6.98. The molecule has 102 valence electrons. The van der Waals surface area contributed by atoms with Crippen molar-refractivity contribution in [3.8, 4) is 6.07 Å². The Bertz CT molecular complexity index is 448. The fraction of sp³-hybridized carbons (Fsp3) is 0.600. The first-order valence-electron chi connectivity index (χ1n) is 7.19. The highest BCUT2D eigenvalue weighted by atomic mass is 16.1. The predicted octanol–water partition coefficient (Wildman–Crippen LogP) is 3.12. The van der Waals surface area contributed by atoms with E-state index in [9.17, 15) is 4.79 Å². The number of aromatic amines is 1. The lowest BCUT2D eigenvalue weighted by molar-refractivity contribution is 0.0927. The third-order valence-electron chi connectivity index (χ3n) is 3.74.